The maximum atomic E-state index is 12.1. The van der Waals surface area contributed by atoms with Gasteiger partial charge in [-0.2, -0.15) is 5.26 Å². The number of urea groups is 1. The van der Waals surface area contributed by atoms with Crippen molar-refractivity contribution in [2.45, 2.75) is 40.0 Å². The Morgan fingerprint density at radius 2 is 2.00 bits per heavy atom. The van der Waals surface area contributed by atoms with Gasteiger partial charge in [-0.1, -0.05) is 13.8 Å². The molecule has 0 spiro atoms. The summed E-state index contributed by atoms with van der Waals surface area (Å²) < 4.78 is 0. The summed E-state index contributed by atoms with van der Waals surface area (Å²) >= 11 is 0. The van der Waals surface area contributed by atoms with Crippen LogP contribution in [0.2, 0.25) is 0 Å². The largest absolute Gasteiger partial charge is 0.355 e. The molecule has 1 heterocycles. The predicted octanol–water partition coefficient (Wildman–Crippen LogP) is 1.73. The first-order valence-corrected chi connectivity index (χ1v) is 8.11. The minimum absolute atomic E-state index is 0.0306. The number of hydrogen-bond donors (Lipinski definition) is 2. The molecule has 1 fully saturated rings. The van der Waals surface area contributed by atoms with Gasteiger partial charge in [0, 0.05) is 32.6 Å². The number of likely N-dealkylation sites (tertiary alicyclic amines) is 1. The standard InChI is InChI=1S/C16H28N4O2/c1-12(2)9-19-16(22)20-6-4-5-14(11-20)7-15(21)18-10-13(3)8-17/h12-14H,4-7,9-11H2,1-3H3,(H,18,21)(H,19,22)/t13-,14-/m1/s1. The SMILES string of the molecule is CC(C)CNC(=O)N1CCC[C@H](CC(=O)NC[C@H](C)C#N)C1. The Kier molecular flexibility index (Phi) is 7.72. The Morgan fingerprint density at radius 1 is 1.27 bits per heavy atom. The normalized spacial score (nSPS) is 19.4. The van der Waals surface area contributed by atoms with Gasteiger partial charge < -0.3 is 15.5 Å². The minimum atomic E-state index is -0.173. The monoisotopic (exact) mass is 308 g/mol. The lowest BCUT2D eigenvalue weighted by Crippen LogP contribution is -2.47. The third kappa shape index (κ3) is 6.79. The highest BCUT2D eigenvalue weighted by Gasteiger charge is 2.25. The summed E-state index contributed by atoms with van der Waals surface area (Å²) in [5, 5.41) is 14.4. The van der Waals surface area contributed by atoms with Gasteiger partial charge in [-0.15, -0.1) is 0 Å². The van der Waals surface area contributed by atoms with E-state index in [9.17, 15) is 9.59 Å². The molecule has 1 aliphatic heterocycles. The van der Waals surface area contributed by atoms with Crippen LogP contribution >= 0.6 is 0 Å². The van der Waals surface area contributed by atoms with Gasteiger partial charge in [0.1, 0.15) is 0 Å². The number of carbonyl (C=O) groups excluding carboxylic acids is 2. The molecule has 6 nitrogen and oxygen atoms in total. The van der Waals surface area contributed by atoms with E-state index in [1.54, 1.807) is 6.92 Å². The molecule has 2 atom stereocenters. The summed E-state index contributed by atoms with van der Waals surface area (Å²) in [5.74, 6) is 0.429. The molecule has 124 valence electrons. The molecule has 2 N–H and O–H groups in total. The number of nitriles is 1. The molecular weight excluding hydrogens is 280 g/mol. The lowest BCUT2D eigenvalue weighted by Gasteiger charge is -2.32. The van der Waals surface area contributed by atoms with Crippen LogP contribution in [-0.2, 0) is 4.79 Å². The summed E-state index contributed by atoms with van der Waals surface area (Å²) in [6, 6.07) is 2.06. The van der Waals surface area contributed by atoms with Gasteiger partial charge in [0.25, 0.3) is 0 Å². The Hall–Kier alpha value is -1.77. The van der Waals surface area contributed by atoms with Crippen LogP contribution in [0.3, 0.4) is 0 Å². The number of amides is 3. The second-order valence-electron chi connectivity index (χ2n) is 6.57. The number of nitrogens with one attached hydrogen (secondary N) is 2. The number of nitrogens with zero attached hydrogens (tertiary/aromatic N) is 2. The van der Waals surface area contributed by atoms with E-state index < -0.39 is 0 Å². The van der Waals surface area contributed by atoms with Gasteiger partial charge >= 0.3 is 6.03 Å². The van der Waals surface area contributed by atoms with E-state index in [4.69, 9.17) is 5.26 Å². The van der Waals surface area contributed by atoms with Crippen molar-refractivity contribution in [3.05, 3.63) is 0 Å². The van der Waals surface area contributed by atoms with Gasteiger partial charge in [0.05, 0.1) is 12.0 Å². The molecule has 0 radical (unpaired) electrons. The molecule has 0 aromatic heterocycles. The average Bonchev–Trinajstić information content (AvgIpc) is 2.50. The van der Waals surface area contributed by atoms with Crippen LogP contribution in [0.1, 0.15) is 40.0 Å². The van der Waals surface area contributed by atoms with Crippen molar-refractivity contribution >= 4 is 11.9 Å². The second kappa shape index (κ2) is 9.29. The van der Waals surface area contributed by atoms with Crippen molar-refractivity contribution in [2.24, 2.45) is 17.8 Å². The summed E-state index contributed by atoms with van der Waals surface area (Å²) in [6.07, 6.45) is 2.32. The zero-order chi connectivity index (χ0) is 16.5. The van der Waals surface area contributed by atoms with Crippen LogP contribution in [0.25, 0.3) is 0 Å². The molecule has 0 unspecified atom stereocenters. The zero-order valence-electron chi connectivity index (χ0n) is 13.9. The number of rotatable bonds is 6. The summed E-state index contributed by atoms with van der Waals surface area (Å²) in [4.78, 5) is 25.8. The quantitative estimate of drug-likeness (QED) is 0.783. The van der Waals surface area contributed by atoms with E-state index in [0.717, 1.165) is 19.4 Å². The Labute approximate surface area is 133 Å². The molecule has 22 heavy (non-hydrogen) atoms. The first-order chi connectivity index (χ1) is 10.4. The Morgan fingerprint density at radius 3 is 2.64 bits per heavy atom. The number of carbonyl (C=O) groups is 2. The van der Waals surface area contributed by atoms with Crippen LogP contribution in [0.15, 0.2) is 0 Å². The summed E-state index contributed by atoms with van der Waals surface area (Å²) in [7, 11) is 0. The predicted molar refractivity (Wildman–Crippen MR) is 84.9 cm³/mol. The maximum absolute atomic E-state index is 12.1. The summed E-state index contributed by atoms with van der Waals surface area (Å²) in [6.45, 7) is 8.35. The van der Waals surface area contributed by atoms with Gasteiger partial charge in [-0.3, -0.25) is 4.79 Å². The third-order valence-electron chi connectivity index (χ3n) is 3.77. The smallest absolute Gasteiger partial charge is 0.317 e. The molecule has 1 rings (SSSR count). The third-order valence-corrected chi connectivity index (χ3v) is 3.77. The van der Waals surface area contributed by atoms with E-state index in [1.165, 1.54) is 0 Å². The Bertz CT molecular complexity index is 417. The van der Waals surface area contributed by atoms with Gasteiger partial charge in [0.15, 0.2) is 0 Å². The first-order valence-electron chi connectivity index (χ1n) is 8.11. The molecule has 6 heteroatoms. The highest BCUT2D eigenvalue weighted by molar-refractivity contribution is 5.77. The van der Waals surface area contributed by atoms with Crippen LogP contribution in [0, 0.1) is 29.1 Å². The highest BCUT2D eigenvalue weighted by atomic mass is 16.2. The lowest BCUT2D eigenvalue weighted by molar-refractivity contribution is -0.122. The van der Waals surface area contributed by atoms with Crippen LogP contribution in [0.4, 0.5) is 4.79 Å². The summed E-state index contributed by atoms with van der Waals surface area (Å²) in [5.41, 5.74) is 0. The number of hydrogen-bond acceptors (Lipinski definition) is 3. The van der Waals surface area contributed by atoms with Crippen molar-refractivity contribution < 1.29 is 9.59 Å². The van der Waals surface area contributed by atoms with Gasteiger partial charge in [-0.25, -0.2) is 4.79 Å². The zero-order valence-corrected chi connectivity index (χ0v) is 13.9. The van der Waals surface area contributed by atoms with Gasteiger partial charge in [0.2, 0.25) is 5.91 Å². The maximum Gasteiger partial charge on any atom is 0.317 e. The van der Waals surface area contributed by atoms with E-state index >= 15 is 0 Å². The Balaban J connectivity index is 2.35. The van der Waals surface area contributed by atoms with Crippen molar-refractivity contribution in [3.63, 3.8) is 0 Å². The average molecular weight is 308 g/mol. The molecule has 3 amide bonds. The molecule has 0 aromatic rings. The highest BCUT2D eigenvalue weighted by Crippen LogP contribution is 2.19. The van der Waals surface area contributed by atoms with Gasteiger partial charge in [-0.05, 0) is 31.6 Å². The van der Waals surface area contributed by atoms with E-state index in [2.05, 4.69) is 30.6 Å². The van der Waals surface area contributed by atoms with E-state index in [1.807, 2.05) is 4.90 Å². The van der Waals surface area contributed by atoms with Crippen molar-refractivity contribution in [1.82, 2.24) is 15.5 Å². The van der Waals surface area contributed by atoms with Crippen LogP contribution in [-0.4, -0.2) is 43.0 Å². The van der Waals surface area contributed by atoms with Crippen molar-refractivity contribution in [3.8, 4) is 6.07 Å². The fourth-order valence-corrected chi connectivity index (χ4v) is 2.47. The molecule has 0 aromatic carbocycles. The fraction of sp³-hybridized carbons (Fsp3) is 0.812. The molecular formula is C16H28N4O2. The molecule has 1 saturated heterocycles. The molecule has 0 bridgehead atoms. The van der Waals surface area contributed by atoms with E-state index in [0.29, 0.717) is 32.0 Å². The molecule has 0 saturated carbocycles. The van der Waals surface area contributed by atoms with E-state index in [-0.39, 0.29) is 23.8 Å². The van der Waals surface area contributed by atoms with Crippen LogP contribution < -0.4 is 10.6 Å². The lowest BCUT2D eigenvalue weighted by atomic mass is 9.94. The molecule has 1 aliphatic rings. The van der Waals surface area contributed by atoms with Crippen molar-refractivity contribution in [1.29, 1.82) is 5.26 Å². The fourth-order valence-electron chi connectivity index (χ4n) is 2.47. The van der Waals surface area contributed by atoms with Crippen LogP contribution in [0.5, 0.6) is 0 Å². The number of piperidine rings is 1. The molecule has 0 aliphatic carbocycles. The first kappa shape index (κ1) is 18.3. The van der Waals surface area contributed by atoms with Crippen molar-refractivity contribution in [2.75, 3.05) is 26.2 Å². The second-order valence-corrected chi connectivity index (χ2v) is 6.57. The topological polar surface area (TPSA) is 85.2 Å². The minimum Gasteiger partial charge on any atom is -0.355 e.